The lowest BCUT2D eigenvalue weighted by molar-refractivity contribution is -0.384. The van der Waals surface area contributed by atoms with Gasteiger partial charge in [-0.25, -0.2) is 4.68 Å². The van der Waals surface area contributed by atoms with E-state index in [1.165, 1.54) is 0 Å². The van der Waals surface area contributed by atoms with E-state index in [4.69, 9.17) is 10.2 Å². The normalized spacial score (nSPS) is 11.1. The molecule has 0 atom stereocenters. The molecule has 2 N–H and O–H groups in total. The number of nitro groups is 1. The highest BCUT2D eigenvalue weighted by Gasteiger charge is 2.30. The van der Waals surface area contributed by atoms with Gasteiger partial charge in [0.2, 0.25) is 5.82 Å². The van der Waals surface area contributed by atoms with Gasteiger partial charge in [-0.3, -0.25) is 10.1 Å². The van der Waals surface area contributed by atoms with Gasteiger partial charge in [-0.05, 0) is 20.8 Å². The standard InChI is InChI=1S/C11H20N4O4/c1-8(2)14-11(13(4-6-16)5-7-17)10(15(18)19)9(3)12-14/h8,16-17H,4-7H2,1-3H3. The van der Waals surface area contributed by atoms with Crippen LogP contribution in [0, 0.1) is 17.0 Å². The number of hydrogen-bond donors (Lipinski definition) is 2. The minimum Gasteiger partial charge on any atom is -0.395 e. The summed E-state index contributed by atoms with van der Waals surface area (Å²) < 4.78 is 1.55. The van der Waals surface area contributed by atoms with Crippen molar-refractivity contribution in [3.63, 3.8) is 0 Å². The van der Waals surface area contributed by atoms with Crippen molar-refractivity contribution in [3.8, 4) is 0 Å². The molecule has 8 nitrogen and oxygen atoms in total. The summed E-state index contributed by atoms with van der Waals surface area (Å²) in [5.41, 5.74) is 0.255. The number of aryl methyl sites for hydroxylation is 1. The lowest BCUT2D eigenvalue weighted by Gasteiger charge is -2.24. The minimum atomic E-state index is -0.474. The molecule has 0 amide bonds. The van der Waals surface area contributed by atoms with Crippen molar-refractivity contribution < 1.29 is 15.1 Å². The summed E-state index contributed by atoms with van der Waals surface area (Å²) in [6.07, 6.45) is 0. The van der Waals surface area contributed by atoms with E-state index in [-0.39, 0.29) is 38.0 Å². The van der Waals surface area contributed by atoms with Gasteiger partial charge < -0.3 is 15.1 Å². The van der Waals surface area contributed by atoms with Crippen LogP contribution in [0.3, 0.4) is 0 Å². The maximum absolute atomic E-state index is 11.2. The molecule has 19 heavy (non-hydrogen) atoms. The van der Waals surface area contributed by atoms with Crippen molar-refractivity contribution in [1.82, 2.24) is 9.78 Å². The molecule has 8 heteroatoms. The summed E-state index contributed by atoms with van der Waals surface area (Å²) in [5, 5.41) is 33.5. The zero-order valence-corrected chi connectivity index (χ0v) is 11.4. The van der Waals surface area contributed by atoms with Crippen molar-refractivity contribution in [2.24, 2.45) is 0 Å². The highest BCUT2D eigenvalue weighted by Crippen LogP contribution is 2.33. The summed E-state index contributed by atoms with van der Waals surface area (Å²) in [7, 11) is 0. The molecule has 0 aliphatic carbocycles. The van der Waals surface area contributed by atoms with Crippen LogP contribution in [-0.4, -0.2) is 51.2 Å². The van der Waals surface area contributed by atoms with Gasteiger partial charge in [0.1, 0.15) is 5.69 Å². The first-order chi connectivity index (χ1) is 8.93. The lowest BCUT2D eigenvalue weighted by Crippen LogP contribution is -2.32. The Morgan fingerprint density at radius 2 is 1.89 bits per heavy atom. The fourth-order valence-electron chi connectivity index (χ4n) is 1.96. The Morgan fingerprint density at radius 1 is 1.37 bits per heavy atom. The zero-order chi connectivity index (χ0) is 14.6. The van der Waals surface area contributed by atoms with Gasteiger partial charge in [-0.15, -0.1) is 0 Å². The summed E-state index contributed by atoms with van der Waals surface area (Å²) in [6.45, 7) is 5.43. The first-order valence-corrected chi connectivity index (χ1v) is 6.14. The topological polar surface area (TPSA) is 105 Å². The molecule has 1 rings (SSSR count). The number of nitrogens with zero attached hydrogens (tertiary/aromatic N) is 4. The van der Waals surface area contributed by atoms with Gasteiger partial charge in [-0.1, -0.05) is 0 Å². The largest absolute Gasteiger partial charge is 0.395 e. The molecule has 1 aromatic rings. The highest BCUT2D eigenvalue weighted by molar-refractivity contribution is 5.61. The first kappa shape index (κ1) is 15.4. The average molecular weight is 272 g/mol. The molecule has 0 aliphatic rings. The lowest BCUT2D eigenvalue weighted by atomic mass is 10.3. The quantitative estimate of drug-likeness (QED) is 0.552. The fraction of sp³-hybridized carbons (Fsp3) is 0.727. The molecule has 0 aromatic carbocycles. The number of anilines is 1. The second-order valence-electron chi connectivity index (χ2n) is 4.49. The SMILES string of the molecule is Cc1nn(C(C)C)c(N(CCO)CCO)c1[N+](=O)[O-]. The Kier molecular flexibility index (Phi) is 5.25. The van der Waals surface area contributed by atoms with E-state index in [1.807, 2.05) is 13.8 Å². The van der Waals surface area contributed by atoms with Crippen molar-refractivity contribution in [1.29, 1.82) is 0 Å². The molecule has 1 aromatic heterocycles. The fourth-order valence-corrected chi connectivity index (χ4v) is 1.96. The van der Waals surface area contributed by atoms with E-state index in [2.05, 4.69) is 5.10 Å². The highest BCUT2D eigenvalue weighted by atomic mass is 16.6. The number of aliphatic hydroxyl groups is 2. The van der Waals surface area contributed by atoms with Gasteiger partial charge in [0.25, 0.3) is 0 Å². The Labute approximate surface area is 111 Å². The van der Waals surface area contributed by atoms with Crippen LogP contribution < -0.4 is 4.90 Å². The molecule has 0 radical (unpaired) electrons. The molecule has 1 heterocycles. The summed E-state index contributed by atoms with van der Waals surface area (Å²) in [5.74, 6) is 0.334. The Bertz CT molecular complexity index is 438. The molecular weight excluding hydrogens is 252 g/mol. The van der Waals surface area contributed by atoms with Crippen LogP contribution in [0.2, 0.25) is 0 Å². The van der Waals surface area contributed by atoms with Crippen LogP contribution in [0.25, 0.3) is 0 Å². The molecule has 0 fully saturated rings. The first-order valence-electron chi connectivity index (χ1n) is 6.14. The third kappa shape index (κ3) is 3.21. The van der Waals surface area contributed by atoms with Crippen molar-refractivity contribution in [2.75, 3.05) is 31.2 Å². The Balaban J connectivity index is 3.37. The second-order valence-corrected chi connectivity index (χ2v) is 4.49. The summed E-state index contributed by atoms with van der Waals surface area (Å²) in [6, 6.07) is -0.0534. The third-order valence-electron chi connectivity index (χ3n) is 2.74. The number of rotatable bonds is 7. The summed E-state index contributed by atoms with van der Waals surface area (Å²) >= 11 is 0. The van der Waals surface area contributed by atoms with Gasteiger partial charge >= 0.3 is 5.69 Å². The second kappa shape index (κ2) is 6.48. The predicted octanol–water partition coefficient (Wildman–Crippen LogP) is 0.472. The van der Waals surface area contributed by atoms with Gasteiger partial charge in [0, 0.05) is 19.1 Å². The van der Waals surface area contributed by atoms with E-state index in [0.717, 1.165) is 0 Å². The van der Waals surface area contributed by atoms with Gasteiger partial charge in [-0.2, -0.15) is 5.10 Å². The van der Waals surface area contributed by atoms with E-state index >= 15 is 0 Å². The van der Waals surface area contributed by atoms with E-state index in [0.29, 0.717) is 11.5 Å². The third-order valence-corrected chi connectivity index (χ3v) is 2.74. The zero-order valence-electron chi connectivity index (χ0n) is 11.4. The van der Waals surface area contributed by atoms with Crippen LogP contribution in [0.1, 0.15) is 25.6 Å². The maximum Gasteiger partial charge on any atom is 0.333 e. The number of aromatic nitrogens is 2. The van der Waals surface area contributed by atoms with Crippen molar-refractivity contribution >= 4 is 11.5 Å². The molecule has 0 saturated heterocycles. The van der Waals surface area contributed by atoms with Crippen LogP contribution >= 0.6 is 0 Å². The Morgan fingerprint density at radius 3 is 2.26 bits per heavy atom. The van der Waals surface area contributed by atoms with Crippen LogP contribution in [0.15, 0.2) is 0 Å². The smallest absolute Gasteiger partial charge is 0.333 e. The van der Waals surface area contributed by atoms with Crippen LogP contribution in [0.5, 0.6) is 0 Å². The molecule has 0 spiro atoms. The van der Waals surface area contributed by atoms with Crippen molar-refractivity contribution in [2.45, 2.75) is 26.8 Å². The molecule has 0 aliphatic heterocycles. The van der Waals surface area contributed by atoms with Crippen LogP contribution in [-0.2, 0) is 0 Å². The van der Waals surface area contributed by atoms with E-state index < -0.39 is 4.92 Å². The maximum atomic E-state index is 11.2. The average Bonchev–Trinajstić information content (AvgIpc) is 2.66. The minimum absolute atomic E-state index is 0.0534. The molecule has 0 unspecified atom stereocenters. The van der Waals surface area contributed by atoms with Gasteiger partial charge in [0.05, 0.1) is 18.1 Å². The Hall–Kier alpha value is -1.67. The van der Waals surface area contributed by atoms with E-state index in [9.17, 15) is 10.1 Å². The number of aliphatic hydroxyl groups excluding tert-OH is 2. The van der Waals surface area contributed by atoms with Crippen molar-refractivity contribution in [3.05, 3.63) is 15.8 Å². The van der Waals surface area contributed by atoms with E-state index in [1.54, 1.807) is 16.5 Å². The molecule has 0 bridgehead atoms. The number of hydrogen-bond acceptors (Lipinski definition) is 6. The molecule has 108 valence electrons. The van der Waals surface area contributed by atoms with Gasteiger partial charge in [0.15, 0.2) is 0 Å². The molecular formula is C11H20N4O4. The predicted molar refractivity (Wildman–Crippen MR) is 70.4 cm³/mol. The van der Waals surface area contributed by atoms with Crippen LogP contribution in [0.4, 0.5) is 11.5 Å². The molecule has 0 saturated carbocycles. The summed E-state index contributed by atoms with van der Waals surface area (Å²) in [4.78, 5) is 12.3. The monoisotopic (exact) mass is 272 g/mol.